The Morgan fingerprint density at radius 1 is 0.418 bits per heavy atom. The molecule has 0 rings (SSSR count). The first-order valence-corrected chi connectivity index (χ1v) is 23.9. The molecule has 0 fully saturated rings. The molecule has 0 aromatic heterocycles. The van der Waals surface area contributed by atoms with Crippen LogP contribution in [-0.4, -0.2) is 42.0 Å². The summed E-state index contributed by atoms with van der Waals surface area (Å²) in [5.41, 5.74) is 0. The fourth-order valence-corrected chi connectivity index (χ4v) is 7.39. The molecular formula is C48H90O7. The molecule has 0 saturated heterocycles. The topological polar surface area (TPSA) is 107 Å². The Kier molecular flexibility index (Phi) is 40.3. The fourth-order valence-electron chi connectivity index (χ4n) is 7.39. The summed E-state index contributed by atoms with van der Waals surface area (Å²) in [7, 11) is 0. The summed E-state index contributed by atoms with van der Waals surface area (Å²) >= 11 is 0. The number of hydrogen-bond donors (Lipinski definition) is 1. The van der Waals surface area contributed by atoms with Crippen LogP contribution in [-0.2, 0) is 28.7 Å². The molecule has 0 aromatic rings. The smallest absolute Gasteiger partial charge is 0.305 e. The number of carbonyl (C=O) groups excluding carboxylic acids is 3. The van der Waals surface area contributed by atoms with Crippen LogP contribution in [0.3, 0.4) is 0 Å². The molecule has 1 N–H and O–H groups in total. The Bertz CT molecular complexity index is 842. The van der Waals surface area contributed by atoms with Crippen molar-refractivity contribution in [2.24, 2.45) is 11.8 Å². The average molecular weight is 779 g/mol. The van der Waals surface area contributed by atoms with Gasteiger partial charge in [0.25, 0.3) is 0 Å². The van der Waals surface area contributed by atoms with Gasteiger partial charge in [-0.25, -0.2) is 0 Å². The molecule has 7 nitrogen and oxygen atoms in total. The minimum atomic E-state index is -0.736. The summed E-state index contributed by atoms with van der Waals surface area (Å²) < 4.78 is 11.3. The second-order valence-corrected chi connectivity index (χ2v) is 16.8. The first-order chi connectivity index (χ1) is 26.8. The number of unbranched alkanes of at least 4 members (excludes halogenated alkanes) is 29. The molecule has 0 saturated carbocycles. The van der Waals surface area contributed by atoms with Crippen molar-refractivity contribution in [2.45, 2.75) is 258 Å². The molecule has 1 atom stereocenters. The first-order valence-electron chi connectivity index (χ1n) is 23.9. The average Bonchev–Trinajstić information content (AvgIpc) is 3.17. The van der Waals surface area contributed by atoms with Gasteiger partial charge in [-0.1, -0.05) is 207 Å². The van der Waals surface area contributed by atoms with E-state index in [1.165, 1.54) is 128 Å². The SMILES string of the molecule is CCCCCCCCCCCCCCCC(=O)OCC(COC(=O)CCCCCCCCCCCCCCC)CC(=O)C(C)CCCCCCCCC(=O)O. The molecule has 0 amide bonds. The minimum absolute atomic E-state index is 0.0995. The van der Waals surface area contributed by atoms with E-state index in [1.807, 2.05) is 6.92 Å². The van der Waals surface area contributed by atoms with Crippen LogP contribution < -0.4 is 0 Å². The molecule has 0 heterocycles. The Morgan fingerprint density at radius 2 is 0.709 bits per heavy atom. The van der Waals surface area contributed by atoms with Gasteiger partial charge in [-0.3, -0.25) is 19.2 Å². The zero-order valence-corrected chi connectivity index (χ0v) is 36.6. The lowest BCUT2D eigenvalue weighted by Crippen LogP contribution is -2.25. The van der Waals surface area contributed by atoms with Gasteiger partial charge in [0.05, 0.1) is 13.2 Å². The number of esters is 2. The summed E-state index contributed by atoms with van der Waals surface area (Å²) in [6, 6.07) is 0. The second kappa shape index (κ2) is 41.7. The van der Waals surface area contributed by atoms with Crippen LogP contribution in [0, 0.1) is 11.8 Å². The lowest BCUT2D eigenvalue weighted by atomic mass is 9.92. The number of carboxylic acid groups (broad SMARTS) is 1. The summed E-state index contributed by atoms with van der Waals surface area (Å²) in [4.78, 5) is 49.1. The van der Waals surface area contributed by atoms with E-state index in [2.05, 4.69) is 13.8 Å². The van der Waals surface area contributed by atoms with Crippen molar-refractivity contribution in [1.29, 1.82) is 0 Å². The first kappa shape index (κ1) is 53.1. The quantitative estimate of drug-likeness (QED) is 0.0485. The van der Waals surface area contributed by atoms with Crippen LogP contribution >= 0.6 is 0 Å². The van der Waals surface area contributed by atoms with Gasteiger partial charge in [-0.2, -0.15) is 0 Å². The van der Waals surface area contributed by atoms with E-state index < -0.39 is 5.97 Å². The highest BCUT2D eigenvalue weighted by atomic mass is 16.5. The molecule has 0 aliphatic rings. The largest absolute Gasteiger partial charge is 0.481 e. The van der Waals surface area contributed by atoms with Gasteiger partial charge in [-0.15, -0.1) is 0 Å². The number of ether oxygens (including phenoxy) is 2. The third-order valence-corrected chi connectivity index (χ3v) is 11.2. The van der Waals surface area contributed by atoms with Crippen LogP contribution in [0.25, 0.3) is 0 Å². The molecule has 0 spiro atoms. The predicted molar refractivity (Wildman–Crippen MR) is 229 cm³/mol. The Morgan fingerprint density at radius 3 is 1.04 bits per heavy atom. The Labute approximate surface area is 340 Å². The maximum atomic E-state index is 13.2. The van der Waals surface area contributed by atoms with E-state index in [0.29, 0.717) is 12.8 Å². The molecule has 324 valence electrons. The number of carbonyl (C=O) groups is 4. The number of carboxylic acids is 1. The van der Waals surface area contributed by atoms with Gasteiger partial charge in [-0.05, 0) is 25.7 Å². The van der Waals surface area contributed by atoms with Gasteiger partial charge in [0.1, 0.15) is 5.78 Å². The molecule has 0 radical (unpaired) electrons. The number of ketones is 1. The van der Waals surface area contributed by atoms with E-state index >= 15 is 0 Å². The fraction of sp³-hybridized carbons (Fsp3) is 0.917. The van der Waals surface area contributed by atoms with E-state index in [0.717, 1.165) is 83.5 Å². The van der Waals surface area contributed by atoms with Crippen molar-refractivity contribution in [3.8, 4) is 0 Å². The summed E-state index contributed by atoms with van der Waals surface area (Å²) in [6.45, 7) is 6.71. The highest BCUT2D eigenvalue weighted by molar-refractivity contribution is 5.81. The number of aliphatic carboxylic acids is 1. The van der Waals surface area contributed by atoms with Gasteiger partial charge in [0.15, 0.2) is 0 Å². The molecule has 0 aromatic carbocycles. The summed E-state index contributed by atoms with van der Waals surface area (Å²) in [5, 5.41) is 8.78. The van der Waals surface area contributed by atoms with Crippen LogP contribution in [0.4, 0.5) is 0 Å². The van der Waals surface area contributed by atoms with Crippen molar-refractivity contribution in [2.75, 3.05) is 13.2 Å². The predicted octanol–water partition coefficient (Wildman–Crippen LogP) is 14.5. The van der Waals surface area contributed by atoms with Crippen LogP contribution in [0.1, 0.15) is 258 Å². The third kappa shape index (κ3) is 40.1. The molecule has 1 unspecified atom stereocenters. The van der Waals surface area contributed by atoms with E-state index in [9.17, 15) is 19.2 Å². The molecule has 0 aliphatic carbocycles. The maximum Gasteiger partial charge on any atom is 0.305 e. The van der Waals surface area contributed by atoms with Gasteiger partial charge < -0.3 is 14.6 Å². The summed E-state index contributed by atoms with van der Waals surface area (Å²) in [5.74, 6) is -1.48. The van der Waals surface area contributed by atoms with Crippen molar-refractivity contribution in [3.63, 3.8) is 0 Å². The molecule has 0 bridgehead atoms. The highest BCUT2D eigenvalue weighted by Gasteiger charge is 2.22. The number of rotatable bonds is 44. The standard InChI is InChI=1S/C48H90O7/c1-4-6-8-10-12-14-16-18-20-22-24-30-34-38-47(52)54-41-44(40-45(49)43(3)36-32-28-26-27-29-33-37-46(50)51)42-55-48(53)39-35-31-25-23-21-19-17-15-13-11-9-7-5-2/h43-44H,4-42H2,1-3H3,(H,50,51). The van der Waals surface area contributed by atoms with Crippen LogP contribution in [0.5, 0.6) is 0 Å². The van der Waals surface area contributed by atoms with Crippen LogP contribution in [0.15, 0.2) is 0 Å². The monoisotopic (exact) mass is 779 g/mol. The zero-order valence-electron chi connectivity index (χ0n) is 36.6. The zero-order chi connectivity index (χ0) is 40.5. The van der Waals surface area contributed by atoms with Gasteiger partial charge in [0, 0.05) is 37.5 Å². The lowest BCUT2D eigenvalue weighted by Gasteiger charge is -2.19. The van der Waals surface area contributed by atoms with E-state index in [4.69, 9.17) is 14.6 Å². The molecule has 55 heavy (non-hydrogen) atoms. The van der Waals surface area contributed by atoms with E-state index in [-0.39, 0.29) is 55.6 Å². The number of Topliss-reactive ketones (excluding diaryl/α,β-unsaturated/α-hetero) is 1. The maximum absolute atomic E-state index is 13.2. The Hall–Kier alpha value is -1.92. The molecule has 7 heteroatoms. The third-order valence-electron chi connectivity index (χ3n) is 11.2. The van der Waals surface area contributed by atoms with E-state index in [1.54, 1.807) is 0 Å². The number of hydrogen-bond acceptors (Lipinski definition) is 6. The van der Waals surface area contributed by atoms with Crippen molar-refractivity contribution < 1.29 is 33.8 Å². The van der Waals surface area contributed by atoms with Gasteiger partial charge >= 0.3 is 17.9 Å². The molecular weight excluding hydrogens is 689 g/mol. The normalized spacial score (nSPS) is 11.9. The summed E-state index contributed by atoms with van der Waals surface area (Å²) in [6.07, 6.45) is 40.4. The lowest BCUT2D eigenvalue weighted by molar-refractivity contribution is -0.150. The Balaban J connectivity index is 4.42. The van der Waals surface area contributed by atoms with Gasteiger partial charge in [0.2, 0.25) is 0 Å². The molecule has 0 aliphatic heterocycles. The highest BCUT2D eigenvalue weighted by Crippen LogP contribution is 2.19. The van der Waals surface area contributed by atoms with Crippen molar-refractivity contribution in [3.05, 3.63) is 0 Å². The second-order valence-electron chi connectivity index (χ2n) is 16.8. The van der Waals surface area contributed by atoms with Crippen molar-refractivity contribution >= 4 is 23.7 Å². The minimum Gasteiger partial charge on any atom is -0.481 e. The van der Waals surface area contributed by atoms with Crippen molar-refractivity contribution in [1.82, 2.24) is 0 Å². The van der Waals surface area contributed by atoms with Crippen LogP contribution in [0.2, 0.25) is 0 Å².